The lowest BCUT2D eigenvalue weighted by molar-refractivity contribution is -0.131. The molecular weight excluding hydrogens is 439 g/mol. The van der Waals surface area contributed by atoms with Gasteiger partial charge in [0, 0.05) is 11.5 Å². The number of carboxylic acid groups (broad SMARTS) is 1. The van der Waals surface area contributed by atoms with Crippen molar-refractivity contribution in [2.75, 3.05) is 0 Å². The number of hydrogen-bond donors (Lipinski definition) is 2. The quantitative estimate of drug-likeness (QED) is 0.239. The first kappa shape index (κ1) is 22.5. The summed E-state index contributed by atoms with van der Waals surface area (Å²) in [5.41, 5.74) is 6.34. The molecule has 3 aromatic carbocycles. The van der Waals surface area contributed by atoms with Crippen LogP contribution in [0.5, 0.6) is 0 Å². The standard InChI is InChI=1S/C27H22ClFN2O2/c1-16(2)26(22-10-9-21(29)14-23(22)28)27(19-8-11-24-20(13-19)15-30-31-24)18-6-3-17(4-7-18)5-12-25(32)33/h3-16H,1-2H3,(H,30,31)(H,32,33)/b12-5+,27-26+. The smallest absolute Gasteiger partial charge is 0.328 e. The van der Waals surface area contributed by atoms with Crippen molar-refractivity contribution in [3.63, 3.8) is 0 Å². The van der Waals surface area contributed by atoms with Gasteiger partial charge in [0.1, 0.15) is 5.82 Å². The first-order valence-electron chi connectivity index (χ1n) is 10.5. The third-order valence-electron chi connectivity index (χ3n) is 5.41. The highest BCUT2D eigenvalue weighted by molar-refractivity contribution is 6.32. The van der Waals surface area contributed by atoms with Gasteiger partial charge in [0.2, 0.25) is 0 Å². The summed E-state index contributed by atoms with van der Waals surface area (Å²) in [5, 5.41) is 17.3. The second-order valence-corrected chi connectivity index (χ2v) is 8.44. The summed E-state index contributed by atoms with van der Waals surface area (Å²) in [6.45, 7) is 4.16. The number of aromatic nitrogens is 2. The molecule has 166 valence electrons. The third kappa shape index (κ3) is 4.89. The van der Waals surface area contributed by atoms with Gasteiger partial charge >= 0.3 is 5.97 Å². The summed E-state index contributed by atoms with van der Waals surface area (Å²) in [4.78, 5) is 10.9. The van der Waals surface area contributed by atoms with E-state index in [1.165, 1.54) is 12.1 Å². The number of halogens is 2. The molecule has 2 N–H and O–H groups in total. The lowest BCUT2D eigenvalue weighted by atomic mass is 9.83. The van der Waals surface area contributed by atoms with E-state index in [9.17, 15) is 9.18 Å². The lowest BCUT2D eigenvalue weighted by Crippen LogP contribution is -2.02. The molecule has 4 nitrogen and oxygen atoms in total. The van der Waals surface area contributed by atoms with Crippen molar-refractivity contribution in [3.8, 4) is 0 Å². The fourth-order valence-corrected chi connectivity index (χ4v) is 4.22. The molecule has 0 spiro atoms. The van der Waals surface area contributed by atoms with Crippen LogP contribution < -0.4 is 0 Å². The lowest BCUT2D eigenvalue weighted by Gasteiger charge is -2.21. The van der Waals surface area contributed by atoms with Crippen molar-refractivity contribution in [2.45, 2.75) is 13.8 Å². The van der Waals surface area contributed by atoms with Gasteiger partial charge in [-0.05, 0) is 69.7 Å². The Morgan fingerprint density at radius 1 is 1.06 bits per heavy atom. The Morgan fingerprint density at radius 3 is 2.45 bits per heavy atom. The molecular formula is C27H22ClFN2O2. The van der Waals surface area contributed by atoms with E-state index in [2.05, 4.69) is 30.1 Å². The number of aromatic amines is 1. The van der Waals surface area contributed by atoms with E-state index in [1.807, 2.05) is 36.4 Å². The van der Waals surface area contributed by atoms with Gasteiger partial charge in [-0.3, -0.25) is 5.10 Å². The van der Waals surface area contributed by atoms with E-state index in [0.29, 0.717) is 5.02 Å². The average Bonchev–Trinajstić information content (AvgIpc) is 3.25. The molecule has 0 unspecified atom stereocenters. The van der Waals surface area contributed by atoms with Crippen LogP contribution in [0.3, 0.4) is 0 Å². The SMILES string of the molecule is CC(C)/C(=C(/c1ccc(/C=C/C(=O)O)cc1)c1ccc2[nH]ncc2c1)c1ccc(F)cc1Cl. The van der Waals surface area contributed by atoms with Gasteiger partial charge in [0.15, 0.2) is 0 Å². The molecule has 33 heavy (non-hydrogen) atoms. The number of nitrogens with zero attached hydrogens (tertiary/aromatic N) is 1. The van der Waals surface area contributed by atoms with Gasteiger partial charge in [-0.2, -0.15) is 5.10 Å². The molecule has 6 heteroatoms. The maximum atomic E-state index is 13.8. The number of rotatable bonds is 6. The van der Waals surface area contributed by atoms with Crippen LogP contribution in [0.1, 0.15) is 36.1 Å². The van der Waals surface area contributed by atoms with E-state index in [1.54, 1.807) is 18.3 Å². The Kier molecular flexibility index (Phi) is 6.43. The fourth-order valence-electron chi connectivity index (χ4n) is 3.95. The van der Waals surface area contributed by atoms with Crippen LogP contribution >= 0.6 is 11.6 Å². The monoisotopic (exact) mass is 460 g/mol. The van der Waals surface area contributed by atoms with Crippen LogP contribution in [0.15, 0.2) is 72.9 Å². The van der Waals surface area contributed by atoms with Crippen molar-refractivity contribution in [2.24, 2.45) is 5.92 Å². The minimum atomic E-state index is -0.999. The van der Waals surface area contributed by atoms with Crippen LogP contribution in [0.4, 0.5) is 4.39 Å². The Balaban J connectivity index is 1.97. The number of carbonyl (C=O) groups is 1. The summed E-state index contributed by atoms with van der Waals surface area (Å²) < 4.78 is 13.8. The van der Waals surface area contributed by atoms with E-state index in [-0.39, 0.29) is 11.7 Å². The molecule has 0 aliphatic heterocycles. The molecule has 0 radical (unpaired) electrons. The van der Waals surface area contributed by atoms with Crippen LogP contribution in [0, 0.1) is 11.7 Å². The average molecular weight is 461 g/mol. The molecule has 4 rings (SSSR count). The molecule has 1 heterocycles. The molecule has 1 aromatic heterocycles. The molecule has 0 bridgehead atoms. The van der Waals surface area contributed by atoms with Crippen molar-refractivity contribution in [1.29, 1.82) is 0 Å². The molecule has 0 saturated carbocycles. The minimum absolute atomic E-state index is 0.0783. The zero-order chi connectivity index (χ0) is 23.5. The van der Waals surface area contributed by atoms with E-state index >= 15 is 0 Å². The van der Waals surface area contributed by atoms with E-state index < -0.39 is 5.97 Å². The second-order valence-electron chi connectivity index (χ2n) is 8.03. The van der Waals surface area contributed by atoms with Gasteiger partial charge < -0.3 is 5.11 Å². The predicted octanol–water partition coefficient (Wildman–Crippen LogP) is 7.07. The minimum Gasteiger partial charge on any atom is -0.478 e. The highest BCUT2D eigenvalue weighted by Crippen LogP contribution is 2.40. The normalized spacial score (nSPS) is 12.5. The zero-order valence-electron chi connectivity index (χ0n) is 18.1. The number of H-pyrrole nitrogens is 1. The number of hydrogen-bond acceptors (Lipinski definition) is 2. The van der Waals surface area contributed by atoms with Gasteiger partial charge in [-0.15, -0.1) is 0 Å². The summed E-state index contributed by atoms with van der Waals surface area (Å²) in [7, 11) is 0. The predicted molar refractivity (Wildman–Crippen MR) is 131 cm³/mol. The molecule has 0 aliphatic carbocycles. The summed E-state index contributed by atoms with van der Waals surface area (Å²) in [6, 6.07) is 18.2. The third-order valence-corrected chi connectivity index (χ3v) is 5.73. The van der Waals surface area contributed by atoms with E-state index in [0.717, 1.165) is 50.4 Å². The highest BCUT2D eigenvalue weighted by Gasteiger charge is 2.20. The Morgan fingerprint density at radius 2 is 1.79 bits per heavy atom. The number of nitrogens with one attached hydrogen (secondary N) is 1. The number of carboxylic acids is 1. The van der Waals surface area contributed by atoms with Crippen molar-refractivity contribution >= 4 is 45.7 Å². The van der Waals surface area contributed by atoms with Gasteiger partial charge in [-0.1, -0.05) is 61.8 Å². The summed E-state index contributed by atoms with van der Waals surface area (Å²) in [5.74, 6) is -1.31. The van der Waals surface area contributed by atoms with Crippen molar-refractivity contribution in [3.05, 3.63) is 106 Å². The summed E-state index contributed by atoms with van der Waals surface area (Å²) >= 11 is 6.51. The Bertz CT molecular complexity index is 1390. The van der Waals surface area contributed by atoms with Gasteiger partial charge in [0.05, 0.1) is 16.7 Å². The maximum absolute atomic E-state index is 13.8. The first-order chi connectivity index (χ1) is 15.8. The topological polar surface area (TPSA) is 66.0 Å². The zero-order valence-corrected chi connectivity index (χ0v) is 18.9. The number of allylic oxidation sites excluding steroid dienone is 1. The highest BCUT2D eigenvalue weighted by atomic mass is 35.5. The number of aliphatic carboxylic acids is 1. The van der Waals surface area contributed by atoms with Crippen LogP contribution in [0.2, 0.25) is 5.02 Å². The molecule has 0 saturated heterocycles. The molecule has 0 atom stereocenters. The second kappa shape index (κ2) is 9.43. The fraction of sp³-hybridized carbons (Fsp3) is 0.111. The Hall–Kier alpha value is -3.70. The molecule has 0 aliphatic rings. The number of fused-ring (bicyclic) bond motifs is 1. The van der Waals surface area contributed by atoms with E-state index in [4.69, 9.17) is 16.7 Å². The molecule has 0 amide bonds. The van der Waals surface area contributed by atoms with Crippen LogP contribution in [0.25, 0.3) is 28.1 Å². The van der Waals surface area contributed by atoms with Crippen LogP contribution in [-0.4, -0.2) is 21.3 Å². The molecule has 4 aromatic rings. The van der Waals surface area contributed by atoms with Gasteiger partial charge in [0.25, 0.3) is 0 Å². The van der Waals surface area contributed by atoms with Crippen molar-refractivity contribution < 1.29 is 14.3 Å². The maximum Gasteiger partial charge on any atom is 0.328 e. The van der Waals surface area contributed by atoms with Gasteiger partial charge in [-0.25, -0.2) is 9.18 Å². The van der Waals surface area contributed by atoms with Crippen molar-refractivity contribution in [1.82, 2.24) is 10.2 Å². The largest absolute Gasteiger partial charge is 0.478 e. The molecule has 0 fully saturated rings. The first-order valence-corrected chi connectivity index (χ1v) is 10.9. The summed E-state index contributed by atoms with van der Waals surface area (Å²) in [6.07, 6.45) is 4.43. The number of benzene rings is 3. The Labute approximate surface area is 196 Å². The van der Waals surface area contributed by atoms with Crippen LogP contribution in [-0.2, 0) is 4.79 Å².